The molecule has 0 unspecified atom stereocenters. The lowest BCUT2D eigenvalue weighted by Crippen LogP contribution is -2.13. The van der Waals surface area contributed by atoms with E-state index in [4.69, 9.17) is 8.83 Å². The van der Waals surface area contributed by atoms with Crippen LogP contribution in [0.1, 0.15) is 5.76 Å². The summed E-state index contributed by atoms with van der Waals surface area (Å²) in [6.07, 6.45) is 1.53. The molecule has 2 aromatic heterocycles. The quantitative estimate of drug-likeness (QED) is 0.580. The van der Waals surface area contributed by atoms with Crippen molar-refractivity contribution in [1.82, 2.24) is 10.2 Å². The first kappa shape index (κ1) is 18.5. The molecule has 0 fully saturated rings. The summed E-state index contributed by atoms with van der Waals surface area (Å²) in [6, 6.07) is 7.91. The third kappa shape index (κ3) is 4.85. The molecule has 6 nitrogen and oxygen atoms in total. The van der Waals surface area contributed by atoms with Gasteiger partial charge in [-0.05, 0) is 37.3 Å². The summed E-state index contributed by atoms with van der Waals surface area (Å²) in [5, 5.41) is 10.7. The highest BCUT2D eigenvalue weighted by Gasteiger charge is 2.14. The van der Waals surface area contributed by atoms with Crippen molar-refractivity contribution in [2.75, 3.05) is 11.1 Å². The van der Waals surface area contributed by atoms with Crippen LogP contribution in [0.15, 0.2) is 55.5 Å². The summed E-state index contributed by atoms with van der Waals surface area (Å²) in [4.78, 5) is 12.4. The number of anilines is 1. The molecule has 0 spiro atoms. The van der Waals surface area contributed by atoms with E-state index < -0.39 is 5.76 Å². The topological polar surface area (TPSA) is 81.2 Å². The fraction of sp³-hybridized carbons (Fsp3) is 0.188. The standard InChI is InChI=1S/C16H13F2N3O3S2/c1-9-12(6-7-23-9)14-20-21-16(24-14)25-8-13(22)19-10-2-4-11(5-3-10)26-15(17)18/h2-7,15H,8H2,1H3,(H,19,22). The Morgan fingerprint density at radius 1 is 1.23 bits per heavy atom. The minimum absolute atomic E-state index is 0.0690. The summed E-state index contributed by atoms with van der Waals surface area (Å²) >= 11 is 1.55. The van der Waals surface area contributed by atoms with Crippen LogP contribution in [0.2, 0.25) is 0 Å². The van der Waals surface area contributed by atoms with Gasteiger partial charge in [0.2, 0.25) is 5.91 Å². The number of carbonyl (C=O) groups is 1. The van der Waals surface area contributed by atoms with E-state index in [0.29, 0.717) is 39.6 Å². The lowest BCUT2D eigenvalue weighted by Gasteiger charge is -2.05. The van der Waals surface area contributed by atoms with Crippen LogP contribution >= 0.6 is 23.5 Å². The lowest BCUT2D eigenvalue weighted by atomic mass is 10.3. The Morgan fingerprint density at radius 2 is 2.00 bits per heavy atom. The van der Waals surface area contributed by atoms with Gasteiger partial charge in [-0.25, -0.2) is 0 Å². The smallest absolute Gasteiger partial charge is 0.288 e. The SMILES string of the molecule is Cc1occc1-c1nnc(SCC(=O)Nc2ccc(SC(F)F)cc2)o1. The number of nitrogens with one attached hydrogen (secondary N) is 1. The second kappa shape index (κ2) is 8.37. The number of furan rings is 1. The number of hydrogen-bond donors (Lipinski definition) is 1. The van der Waals surface area contributed by atoms with Gasteiger partial charge in [0.25, 0.3) is 16.9 Å². The number of halogens is 2. The molecule has 1 N–H and O–H groups in total. The molecule has 0 atom stereocenters. The van der Waals surface area contributed by atoms with Crippen molar-refractivity contribution in [2.24, 2.45) is 0 Å². The number of aryl methyl sites for hydroxylation is 1. The van der Waals surface area contributed by atoms with Crippen molar-refractivity contribution in [1.29, 1.82) is 0 Å². The van der Waals surface area contributed by atoms with Gasteiger partial charge in [-0.15, -0.1) is 10.2 Å². The third-order valence-corrected chi connectivity index (χ3v) is 4.73. The zero-order valence-corrected chi connectivity index (χ0v) is 15.1. The Morgan fingerprint density at radius 3 is 2.65 bits per heavy atom. The molecule has 0 saturated heterocycles. The van der Waals surface area contributed by atoms with E-state index in [2.05, 4.69) is 15.5 Å². The number of nitrogens with zero attached hydrogens (tertiary/aromatic N) is 2. The van der Waals surface area contributed by atoms with E-state index in [1.807, 2.05) is 0 Å². The number of hydrogen-bond acceptors (Lipinski definition) is 7. The number of benzene rings is 1. The molecular weight excluding hydrogens is 384 g/mol. The van der Waals surface area contributed by atoms with Crippen molar-refractivity contribution in [2.45, 2.75) is 22.8 Å². The molecule has 3 aromatic rings. The molecule has 1 amide bonds. The van der Waals surface area contributed by atoms with E-state index >= 15 is 0 Å². The third-order valence-electron chi connectivity index (χ3n) is 3.19. The summed E-state index contributed by atoms with van der Waals surface area (Å²) < 4.78 is 35.2. The maximum Gasteiger partial charge on any atom is 0.288 e. The van der Waals surface area contributed by atoms with Gasteiger partial charge in [0.05, 0.1) is 17.6 Å². The Labute approximate surface area is 155 Å². The van der Waals surface area contributed by atoms with Crippen LogP contribution < -0.4 is 5.32 Å². The molecular formula is C16H13F2N3O3S2. The lowest BCUT2D eigenvalue weighted by molar-refractivity contribution is -0.113. The second-order valence-corrected chi connectivity index (χ2v) is 6.99. The molecule has 10 heteroatoms. The molecule has 3 rings (SSSR count). The highest BCUT2D eigenvalue weighted by molar-refractivity contribution is 7.99. The number of amides is 1. The minimum Gasteiger partial charge on any atom is -0.469 e. The average molecular weight is 397 g/mol. The molecule has 0 saturated carbocycles. The van der Waals surface area contributed by atoms with Gasteiger partial charge >= 0.3 is 0 Å². The Balaban J connectivity index is 1.51. The summed E-state index contributed by atoms with van der Waals surface area (Å²) in [6.45, 7) is 1.78. The van der Waals surface area contributed by atoms with Gasteiger partial charge in [-0.1, -0.05) is 23.5 Å². The molecule has 1 aromatic carbocycles. The maximum absolute atomic E-state index is 12.3. The highest BCUT2D eigenvalue weighted by atomic mass is 32.2. The summed E-state index contributed by atoms with van der Waals surface area (Å²) in [7, 11) is 0. The van der Waals surface area contributed by atoms with Gasteiger partial charge in [-0.2, -0.15) is 8.78 Å². The average Bonchev–Trinajstić information content (AvgIpc) is 3.23. The fourth-order valence-electron chi connectivity index (χ4n) is 2.03. The number of thioether (sulfide) groups is 2. The number of rotatable bonds is 7. The maximum atomic E-state index is 12.3. The van der Waals surface area contributed by atoms with Crippen LogP contribution in [-0.4, -0.2) is 27.6 Å². The van der Waals surface area contributed by atoms with Gasteiger partial charge in [0, 0.05) is 10.6 Å². The molecule has 0 aliphatic rings. The first-order chi connectivity index (χ1) is 12.5. The number of carbonyl (C=O) groups excluding carboxylic acids is 1. The molecule has 0 aliphatic heterocycles. The first-order valence-electron chi connectivity index (χ1n) is 7.37. The van der Waals surface area contributed by atoms with Crippen LogP contribution in [0.4, 0.5) is 14.5 Å². The summed E-state index contributed by atoms with van der Waals surface area (Å²) in [5.41, 5.74) is 1.23. The fourth-order valence-corrected chi connectivity index (χ4v) is 3.09. The molecule has 2 heterocycles. The van der Waals surface area contributed by atoms with E-state index in [1.54, 1.807) is 25.1 Å². The first-order valence-corrected chi connectivity index (χ1v) is 9.23. The van der Waals surface area contributed by atoms with Crippen molar-refractivity contribution in [3.63, 3.8) is 0 Å². The molecule has 0 bridgehead atoms. The van der Waals surface area contributed by atoms with E-state index in [0.717, 1.165) is 11.8 Å². The monoisotopic (exact) mass is 397 g/mol. The van der Waals surface area contributed by atoms with Crippen molar-refractivity contribution in [3.05, 3.63) is 42.4 Å². The van der Waals surface area contributed by atoms with Crippen LogP contribution in [0.5, 0.6) is 0 Å². The van der Waals surface area contributed by atoms with Crippen LogP contribution in [-0.2, 0) is 4.79 Å². The predicted octanol–water partition coefficient (Wildman–Crippen LogP) is 4.68. The zero-order chi connectivity index (χ0) is 18.5. The Hall–Kier alpha value is -2.33. The van der Waals surface area contributed by atoms with E-state index in [-0.39, 0.29) is 16.9 Å². The van der Waals surface area contributed by atoms with Crippen LogP contribution in [0.25, 0.3) is 11.5 Å². The molecule has 0 radical (unpaired) electrons. The Bertz CT molecular complexity index is 881. The molecule has 136 valence electrons. The van der Waals surface area contributed by atoms with Crippen LogP contribution in [0.3, 0.4) is 0 Å². The number of aromatic nitrogens is 2. The zero-order valence-electron chi connectivity index (χ0n) is 13.4. The largest absolute Gasteiger partial charge is 0.469 e. The Kier molecular flexibility index (Phi) is 5.94. The van der Waals surface area contributed by atoms with Gasteiger partial charge in [0.15, 0.2) is 0 Å². The highest BCUT2D eigenvalue weighted by Crippen LogP contribution is 2.27. The van der Waals surface area contributed by atoms with Crippen molar-refractivity contribution < 1.29 is 22.4 Å². The van der Waals surface area contributed by atoms with Crippen molar-refractivity contribution >= 4 is 35.1 Å². The second-order valence-electron chi connectivity index (χ2n) is 5.00. The van der Waals surface area contributed by atoms with Crippen molar-refractivity contribution in [3.8, 4) is 11.5 Å². The predicted molar refractivity (Wildman–Crippen MR) is 94.4 cm³/mol. The van der Waals surface area contributed by atoms with E-state index in [9.17, 15) is 13.6 Å². The number of alkyl halides is 2. The minimum atomic E-state index is -2.48. The van der Waals surface area contributed by atoms with Gasteiger partial charge in [-0.3, -0.25) is 4.79 Å². The normalized spacial score (nSPS) is 11.1. The molecule has 0 aliphatic carbocycles. The van der Waals surface area contributed by atoms with Gasteiger partial charge in [0.1, 0.15) is 5.76 Å². The molecule has 26 heavy (non-hydrogen) atoms. The van der Waals surface area contributed by atoms with E-state index in [1.165, 1.54) is 18.4 Å². The summed E-state index contributed by atoms with van der Waals surface area (Å²) in [5.74, 6) is -1.69. The van der Waals surface area contributed by atoms with Crippen LogP contribution in [0, 0.1) is 6.92 Å². The van der Waals surface area contributed by atoms with Gasteiger partial charge < -0.3 is 14.2 Å².